The molecule has 0 fully saturated rings. The van der Waals surface area contributed by atoms with E-state index in [-0.39, 0.29) is 6.61 Å². The van der Waals surface area contributed by atoms with Crippen LogP contribution in [0.4, 0.5) is 5.69 Å². The standard InChI is InChI=1S/C14H12N2O4/c15-10-5-13-11(16-14(18)20-13)6-12(10)19-9-3-1-2-8(4-9)7-17/h1-6,17H,7,15H2,(H,16,18). The third-order valence-electron chi connectivity index (χ3n) is 2.86. The molecule has 3 aromatic rings. The van der Waals surface area contributed by atoms with E-state index in [1.807, 2.05) is 0 Å². The van der Waals surface area contributed by atoms with Gasteiger partial charge in [-0.15, -0.1) is 0 Å². The number of nitrogens with one attached hydrogen (secondary N) is 1. The van der Waals surface area contributed by atoms with Crippen molar-refractivity contribution in [3.63, 3.8) is 0 Å². The fourth-order valence-electron chi connectivity index (χ4n) is 1.92. The van der Waals surface area contributed by atoms with Gasteiger partial charge in [-0.05, 0) is 17.7 Å². The number of H-pyrrole nitrogens is 1. The minimum atomic E-state index is -0.543. The Labute approximate surface area is 113 Å². The molecule has 6 nitrogen and oxygen atoms in total. The molecule has 0 spiro atoms. The number of nitrogens with two attached hydrogens (primary N) is 1. The van der Waals surface area contributed by atoms with Crippen molar-refractivity contribution in [3.05, 3.63) is 52.5 Å². The summed E-state index contributed by atoms with van der Waals surface area (Å²) in [5, 5.41) is 9.09. The fraction of sp³-hybridized carbons (Fsp3) is 0.0714. The van der Waals surface area contributed by atoms with Crippen molar-refractivity contribution in [1.29, 1.82) is 0 Å². The molecule has 0 atom stereocenters. The monoisotopic (exact) mass is 272 g/mol. The minimum Gasteiger partial charge on any atom is -0.455 e. The molecule has 0 bridgehead atoms. The van der Waals surface area contributed by atoms with Crippen molar-refractivity contribution in [1.82, 2.24) is 4.98 Å². The van der Waals surface area contributed by atoms with E-state index in [4.69, 9.17) is 20.0 Å². The first-order valence-electron chi connectivity index (χ1n) is 5.96. The van der Waals surface area contributed by atoms with Crippen molar-refractivity contribution in [3.8, 4) is 11.5 Å². The molecule has 0 amide bonds. The van der Waals surface area contributed by atoms with Gasteiger partial charge in [-0.25, -0.2) is 4.79 Å². The number of hydrogen-bond donors (Lipinski definition) is 3. The van der Waals surface area contributed by atoms with E-state index >= 15 is 0 Å². The molecule has 0 radical (unpaired) electrons. The number of fused-ring (bicyclic) bond motifs is 1. The molecule has 0 saturated heterocycles. The van der Waals surface area contributed by atoms with Gasteiger partial charge in [-0.1, -0.05) is 12.1 Å². The van der Waals surface area contributed by atoms with Gasteiger partial charge in [0.15, 0.2) is 11.3 Å². The van der Waals surface area contributed by atoms with Gasteiger partial charge in [-0.2, -0.15) is 0 Å². The Morgan fingerprint density at radius 3 is 2.95 bits per heavy atom. The Bertz CT molecular complexity index is 819. The SMILES string of the molecule is Nc1cc2oc(=O)[nH]c2cc1Oc1cccc(CO)c1. The van der Waals surface area contributed by atoms with E-state index in [2.05, 4.69) is 4.98 Å². The van der Waals surface area contributed by atoms with Gasteiger partial charge in [0, 0.05) is 12.1 Å². The Morgan fingerprint density at radius 2 is 2.15 bits per heavy atom. The average molecular weight is 272 g/mol. The molecule has 1 heterocycles. The predicted octanol–water partition coefficient (Wildman–Crippen LogP) is 1.99. The number of oxazole rings is 1. The van der Waals surface area contributed by atoms with Crippen LogP contribution >= 0.6 is 0 Å². The highest BCUT2D eigenvalue weighted by Crippen LogP contribution is 2.31. The Morgan fingerprint density at radius 1 is 1.30 bits per heavy atom. The van der Waals surface area contributed by atoms with Crippen molar-refractivity contribution in [2.75, 3.05) is 5.73 Å². The second kappa shape index (κ2) is 4.75. The molecule has 0 unspecified atom stereocenters. The quantitative estimate of drug-likeness (QED) is 0.633. The van der Waals surface area contributed by atoms with Crippen molar-refractivity contribution >= 4 is 16.8 Å². The van der Waals surface area contributed by atoms with E-state index < -0.39 is 5.76 Å². The first-order valence-corrected chi connectivity index (χ1v) is 5.96. The Hall–Kier alpha value is -2.73. The van der Waals surface area contributed by atoms with Gasteiger partial charge in [0.2, 0.25) is 0 Å². The molecule has 6 heteroatoms. The third-order valence-corrected chi connectivity index (χ3v) is 2.86. The van der Waals surface area contributed by atoms with Crippen LogP contribution in [0.1, 0.15) is 5.56 Å². The first kappa shape index (κ1) is 12.3. The molecule has 0 aliphatic carbocycles. The minimum absolute atomic E-state index is 0.0687. The number of benzene rings is 2. The molecule has 1 aromatic heterocycles. The first-order chi connectivity index (χ1) is 9.65. The summed E-state index contributed by atoms with van der Waals surface area (Å²) >= 11 is 0. The zero-order valence-corrected chi connectivity index (χ0v) is 10.4. The van der Waals surface area contributed by atoms with E-state index in [0.717, 1.165) is 5.56 Å². The number of aliphatic hydroxyl groups excluding tert-OH is 1. The molecule has 0 saturated carbocycles. The molecular formula is C14H12N2O4. The van der Waals surface area contributed by atoms with E-state index in [1.165, 1.54) is 6.07 Å². The zero-order valence-electron chi connectivity index (χ0n) is 10.4. The second-order valence-electron chi connectivity index (χ2n) is 4.31. The number of rotatable bonds is 3. The Balaban J connectivity index is 2.00. The number of aliphatic hydroxyl groups is 1. The number of hydrogen-bond acceptors (Lipinski definition) is 5. The van der Waals surface area contributed by atoms with E-state index in [0.29, 0.717) is 28.3 Å². The van der Waals surface area contributed by atoms with Crippen molar-refractivity contribution in [2.45, 2.75) is 6.61 Å². The van der Waals surface area contributed by atoms with Gasteiger partial charge in [-0.3, -0.25) is 4.98 Å². The molecule has 20 heavy (non-hydrogen) atoms. The second-order valence-corrected chi connectivity index (χ2v) is 4.31. The van der Waals surface area contributed by atoms with Crippen LogP contribution in [0.5, 0.6) is 11.5 Å². The van der Waals surface area contributed by atoms with Crippen LogP contribution in [0.15, 0.2) is 45.6 Å². The van der Waals surface area contributed by atoms with Crippen LogP contribution in [0, 0.1) is 0 Å². The molecule has 4 N–H and O–H groups in total. The molecule has 2 aromatic carbocycles. The van der Waals surface area contributed by atoms with Crippen molar-refractivity contribution in [2.24, 2.45) is 0 Å². The van der Waals surface area contributed by atoms with Crippen LogP contribution in [0.3, 0.4) is 0 Å². The lowest BCUT2D eigenvalue weighted by atomic mass is 10.2. The highest BCUT2D eigenvalue weighted by atomic mass is 16.5. The lowest BCUT2D eigenvalue weighted by molar-refractivity contribution is 0.281. The Kier molecular flexibility index (Phi) is 2.92. The van der Waals surface area contributed by atoms with Crippen LogP contribution in [0.25, 0.3) is 11.1 Å². The maximum absolute atomic E-state index is 11.1. The number of ether oxygens (including phenoxy) is 1. The molecule has 0 aliphatic heterocycles. The summed E-state index contributed by atoms with van der Waals surface area (Å²) in [6.45, 7) is -0.0687. The summed E-state index contributed by atoms with van der Waals surface area (Å²) in [5.41, 5.74) is 7.85. The molecule has 3 rings (SSSR count). The van der Waals surface area contributed by atoms with Gasteiger partial charge in [0.1, 0.15) is 5.75 Å². The smallest absolute Gasteiger partial charge is 0.417 e. The van der Waals surface area contributed by atoms with Crippen LogP contribution in [-0.2, 0) is 6.61 Å². The molecule has 102 valence electrons. The van der Waals surface area contributed by atoms with E-state index in [1.54, 1.807) is 30.3 Å². The summed E-state index contributed by atoms with van der Waals surface area (Å²) in [5.74, 6) is 0.414. The fourth-order valence-corrected chi connectivity index (χ4v) is 1.92. The normalized spacial score (nSPS) is 10.8. The maximum Gasteiger partial charge on any atom is 0.417 e. The molecule has 0 aliphatic rings. The van der Waals surface area contributed by atoms with Crippen LogP contribution in [0.2, 0.25) is 0 Å². The highest BCUT2D eigenvalue weighted by molar-refractivity contribution is 5.80. The van der Waals surface area contributed by atoms with Crippen LogP contribution < -0.4 is 16.2 Å². The summed E-state index contributed by atoms with van der Waals surface area (Å²) in [4.78, 5) is 13.7. The van der Waals surface area contributed by atoms with Crippen molar-refractivity contribution < 1.29 is 14.3 Å². The number of anilines is 1. The molecular weight excluding hydrogens is 260 g/mol. The number of nitrogen functional groups attached to an aromatic ring is 1. The van der Waals surface area contributed by atoms with Gasteiger partial charge in [0.05, 0.1) is 17.8 Å². The highest BCUT2D eigenvalue weighted by Gasteiger charge is 2.09. The van der Waals surface area contributed by atoms with Crippen LogP contribution in [-0.4, -0.2) is 10.1 Å². The predicted molar refractivity (Wildman–Crippen MR) is 73.7 cm³/mol. The lowest BCUT2D eigenvalue weighted by Gasteiger charge is -2.09. The maximum atomic E-state index is 11.1. The number of aromatic nitrogens is 1. The summed E-state index contributed by atoms with van der Waals surface area (Å²) in [6.07, 6.45) is 0. The number of aromatic amines is 1. The summed E-state index contributed by atoms with van der Waals surface area (Å²) in [6, 6.07) is 10.1. The summed E-state index contributed by atoms with van der Waals surface area (Å²) < 4.78 is 10.6. The average Bonchev–Trinajstić information content (AvgIpc) is 2.78. The lowest BCUT2D eigenvalue weighted by Crippen LogP contribution is -1.94. The van der Waals surface area contributed by atoms with E-state index in [9.17, 15) is 4.79 Å². The van der Waals surface area contributed by atoms with Gasteiger partial charge < -0.3 is 20.0 Å². The summed E-state index contributed by atoms with van der Waals surface area (Å²) in [7, 11) is 0. The third kappa shape index (κ3) is 2.24. The topological polar surface area (TPSA) is 101 Å². The zero-order chi connectivity index (χ0) is 14.1. The van der Waals surface area contributed by atoms with Gasteiger partial charge >= 0.3 is 5.76 Å². The van der Waals surface area contributed by atoms with Gasteiger partial charge in [0.25, 0.3) is 0 Å². The largest absolute Gasteiger partial charge is 0.455 e.